The average Bonchev–Trinajstić information content (AvgIpc) is 2.45. The molecule has 1 atom stereocenters. The molecule has 0 bridgehead atoms. The fourth-order valence-corrected chi connectivity index (χ4v) is 2.52. The summed E-state index contributed by atoms with van der Waals surface area (Å²) in [5.74, 6) is 0.588. The molecule has 0 unspecified atom stereocenters. The molecule has 1 N–H and O–H groups in total. The van der Waals surface area contributed by atoms with Crippen molar-refractivity contribution in [1.82, 2.24) is 10.2 Å². The van der Waals surface area contributed by atoms with Crippen molar-refractivity contribution in [3.63, 3.8) is 0 Å². The Morgan fingerprint density at radius 3 is 2.60 bits per heavy atom. The van der Waals surface area contributed by atoms with Crippen LogP contribution in [0.1, 0.15) is 18.0 Å². The van der Waals surface area contributed by atoms with Crippen LogP contribution < -0.4 is 10.1 Å². The third kappa shape index (κ3) is 4.11. The second-order valence-electron chi connectivity index (χ2n) is 4.90. The quantitative estimate of drug-likeness (QED) is 0.921. The summed E-state index contributed by atoms with van der Waals surface area (Å²) in [6, 6.07) is 6.26. The number of ether oxygens (including phenoxy) is 1. The molecule has 1 saturated heterocycles. The first-order valence-corrected chi connectivity index (χ1v) is 6.65. The van der Waals surface area contributed by atoms with Crippen molar-refractivity contribution in [2.24, 2.45) is 0 Å². The van der Waals surface area contributed by atoms with Crippen LogP contribution in [0, 0.1) is 0 Å². The maximum Gasteiger partial charge on any atom is 0.390 e. The first-order valence-electron chi connectivity index (χ1n) is 6.65. The molecule has 2 rings (SSSR count). The van der Waals surface area contributed by atoms with Crippen molar-refractivity contribution in [1.29, 1.82) is 0 Å². The Kier molecular flexibility index (Phi) is 4.88. The van der Waals surface area contributed by atoms with Gasteiger partial charge < -0.3 is 10.1 Å². The molecule has 3 nitrogen and oxygen atoms in total. The lowest BCUT2D eigenvalue weighted by Gasteiger charge is -2.35. The molecular formula is C14H19F3N2O. The number of hydrogen-bond acceptors (Lipinski definition) is 3. The molecule has 112 valence electrons. The van der Waals surface area contributed by atoms with E-state index in [1.54, 1.807) is 24.3 Å². The van der Waals surface area contributed by atoms with Crippen LogP contribution in [0.5, 0.6) is 5.75 Å². The van der Waals surface area contributed by atoms with E-state index < -0.39 is 18.6 Å². The maximum absolute atomic E-state index is 12.9. The molecule has 0 aromatic heterocycles. The molecule has 1 fully saturated rings. The molecular weight excluding hydrogens is 269 g/mol. The minimum Gasteiger partial charge on any atom is -0.497 e. The van der Waals surface area contributed by atoms with Gasteiger partial charge in [-0.1, -0.05) is 12.1 Å². The summed E-state index contributed by atoms with van der Waals surface area (Å²) < 4.78 is 43.7. The lowest BCUT2D eigenvalue weighted by molar-refractivity contribution is -0.148. The van der Waals surface area contributed by atoms with Gasteiger partial charge >= 0.3 is 6.18 Å². The van der Waals surface area contributed by atoms with Crippen molar-refractivity contribution in [2.75, 3.05) is 33.3 Å². The number of methoxy groups -OCH3 is 1. The summed E-state index contributed by atoms with van der Waals surface area (Å²) in [7, 11) is 1.52. The van der Waals surface area contributed by atoms with Crippen molar-refractivity contribution < 1.29 is 17.9 Å². The number of nitrogens with one attached hydrogen (secondary N) is 1. The normalized spacial score (nSPS) is 18.8. The van der Waals surface area contributed by atoms with Crippen LogP contribution in [0.4, 0.5) is 13.2 Å². The highest BCUT2D eigenvalue weighted by Gasteiger charge is 2.36. The molecule has 1 heterocycles. The topological polar surface area (TPSA) is 24.5 Å². The van der Waals surface area contributed by atoms with Crippen LogP contribution in [0.3, 0.4) is 0 Å². The minimum absolute atomic E-state index is 0.588. The molecule has 1 aromatic carbocycles. The molecule has 1 aromatic rings. The van der Waals surface area contributed by atoms with E-state index in [9.17, 15) is 13.2 Å². The molecule has 6 heteroatoms. The highest BCUT2D eigenvalue weighted by molar-refractivity contribution is 5.30. The van der Waals surface area contributed by atoms with E-state index in [0.29, 0.717) is 24.4 Å². The summed E-state index contributed by atoms with van der Waals surface area (Å²) >= 11 is 0. The molecule has 0 saturated carbocycles. The highest BCUT2D eigenvalue weighted by Crippen LogP contribution is 2.35. The standard InChI is InChI=1S/C14H19F3N2O/c1-20-12-4-2-3-11(9-12)13(10-14(15,16)17)19-7-5-18-6-8-19/h2-4,9,13,18H,5-8,10H2,1H3/t13-/m1/s1. The fourth-order valence-electron chi connectivity index (χ4n) is 2.52. The summed E-state index contributed by atoms with van der Waals surface area (Å²) in [5.41, 5.74) is 0.656. The van der Waals surface area contributed by atoms with Crippen LogP contribution in [-0.4, -0.2) is 44.4 Å². The maximum atomic E-state index is 12.9. The summed E-state index contributed by atoms with van der Waals surface area (Å²) in [6.45, 7) is 2.69. The van der Waals surface area contributed by atoms with E-state index in [1.165, 1.54) is 7.11 Å². The van der Waals surface area contributed by atoms with Gasteiger partial charge in [0.05, 0.1) is 13.5 Å². The Morgan fingerprint density at radius 2 is 2.00 bits per heavy atom. The van der Waals surface area contributed by atoms with Gasteiger partial charge in [0.1, 0.15) is 5.75 Å². The van der Waals surface area contributed by atoms with Crippen LogP contribution in [-0.2, 0) is 0 Å². The van der Waals surface area contributed by atoms with E-state index in [-0.39, 0.29) is 0 Å². The Hall–Kier alpha value is -1.27. The Labute approximate surface area is 116 Å². The predicted molar refractivity (Wildman–Crippen MR) is 70.8 cm³/mol. The number of piperazine rings is 1. The van der Waals surface area contributed by atoms with Crippen LogP contribution in [0.15, 0.2) is 24.3 Å². The van der Waals surface area contributed by atoms with E-state index in [2.05, 4.69) is 5.32 Å². The Bertz CT molecular complexity index is 431. The first-order chi connectivity index (χ1) is 9.49. The lowest BCUT2D eigenvalue weighted by Crippen LogP contribution is -2.46. The van der Waals surface area contributed by atoms with Crippen LogP contribution in [0.25, 0.3) is 0 Å². The minimum atomic E-state index is -4.18. The lowest BCUT2D eigenvalue weighted by atomic mass is 10.0. The second-order valence-corrected chi connectivity index (χ2v) is 4.90. The largest absolute Gasteiger partial charge is 0.497 e. The molecule has 20 heavy (non-hydrogen) atoms. The Morgan fingerprint density at radius 1 is 1.30 bits per heavy atom. The van der Waals surface area contributed by atoms with Crippen molar-refractivity contribution in [3.8, 4) is 5.75 Å². The molecule has 1 aliphatic rings. The van der Waals surface area contributed by atoms with Crippen LogP contribution in [0.2, 0.25) is 0 Å². The van der Waals surface area contributed by atoms with Gasteiger partial charge in [-0.05, 0) is 17.7 Å². The molecule has 1 aliphatic heterocycles. The molecule has 0 aliphatic carbocycles. The zero-order valence-electron chi connectivity index (χ0n) is 11.4. The zero-order valence-corrected chi connectivity index (χ0v) is 11.4. The van der Waals surface area contributed by atoms with Crippen molar-refractivity contribution in [2.45, 2.75) is 18.6 Å². The number of benzene rings is 1. The number of nitrogens with zero attached hydrogens (tertiary/aromatic N) is 1. The highest BCUT2D eigenvalue weighted by atomic mass is 19.4. The molecule has 0 amide bonds. The zero-order chi connectivity index (χ0) is 14.6. The van der Waals surface area contributed by atoms with E-state index in [0.717, 1.165) is 13.1 Å². The van der Waals surface area contributed by atoms with Gasteiger partial charge in [0.2, 0.25) is 0 Å². The van der Waals surface area contributed by atoms with Gasteiger partial charge in [0.15, 0.2) is 0 Å². The van der Waals surface area contributed by atoms with Crippen molar-refractivity contribution >= 4 is 0 Å². The van der Waals surface area contributed by atoms with Gasteiger partial charge in [0, 0.05) is 32.2 Å². The van der Waals surface area contributed by atoms with Gasteiger partial charge in [-0.3, -0.25) is 4.90 Å². The van der Waals surface area contributed by atoms with Crippen LogP contribution >= 0.6 is 0 Å². The average molecular weight is 288 g/mol. The summed E-state index contributed by atoms with van der Waals surface area (Å²) in [6.07, 6.45) is -5.02. The third-order valence-electron chi connectivity index (χ3n) is 3.50. The summed E-state index contributed by atoms with van der Waals surface area (Å²) in [5, 5.41) is 3.16. The second kappa shape index (κ2) is 6.45. The Balaban J connectivity index is 2.24. The number of alkyl halides is 3. The molecule has 0 radical (unpaired) electrons. The van der Waals surface area contributed by atoms with Gasteiger partial charge in [-0.2, -0.15) is 13.2 Å². The smallest absolute Gasteiger partial charge is 0.390 e. The van der Waals surface area contributed by atoms with Crippen molar-refractivity contribution in [3.05, 3.63) is 29.8 Å². The van der Waals surface area contributed by atoms with E-state index in [4.69, 9.17) is 4.74 Å². The van der Waals surface area contributed by atoms with Gasteiger partial charge in [0.25, 0.3) is 0 Å². The van der Waals surface area contributed by atoms with Gasteiger partial charge in [-0.25, -0.2) is 0 Å². The first kappa shape index (κ1) is 15.1. The number of halogens is 3. The van der Waals surface area contributed by atoms with E-state index >= 15 is 0 Å². The summed E-state index contributed by atoms with van der Waals surface area (Å²) in [4.78, 5) is 1.89. The molecule has 0 spiro atoms. The predicted octanol–water partition coefficient (Wildman–Crippen LogP) is 2.59. The van der Waals surface area contributed by atoms with Gasteiger partial charge in [-0.15, -0.1) is 0 Å². The van der Waals surface area contributed by atoms with E-state index in [1.807, 2.05) is 4.90 Å². The fraction of sp³-hybridized carbons (Fsp3) is 0.571. The number of hydrogen-bond donors (Lipinski definition) is 1. The monoisotopic (exact) mass is 288 g/mol. The third-order valence-corrected chi connectivity index (χ3v) is 3.50. The SMILES string of the molecule is COc1cccc([C@@H](CC(F)(F)F)N2CCNCC2)c1. The number of rotatable bonds is 4.